The van der Waals surface area contributed by atoms with Gasteiger partial charge in [0.1, 0.15) is 12.8 Å². The molecule has 1 saturated heterocycles. The molecule has 0 spiro atoms. The van der Waals surface area contributed by atoms with Crippen molar-refractivity contribution in [2.45, 2.75) is 44.8 Å². The Hall–Kier alpha value is -2.48. The van der Waals surface area contributed by atoms with Crippen molar-refractivity contribution in [1.82, 2.24) is 14.6 Å². The second-order valence-corrected chi connectivity index (χ2v) is 8.36. The number of alkyl halides is 3. The van der Waals surface area contributed by atoms with Crippen molar-refractivity contribution in [3.05, 3.63) is 58.1 Å². The number of carboxylic acids is 1. The normalized spacial score (nSPS) is 17.6. The first-order chi connectivity index (χ1) is 16.2. The number of nitrogens with one attached hydrogen (secondary N) is 1. The topological polar surface area (TPSA) is 127 Å². The van der Waals surface area contributed by atoms with Gasteiger partial charge < -0.3 is 20.7 Å². The Balaban J connectivity index is 0.00000180. The first-order valence-corrected chi connectivity index (χ1v) is 10.8. The fourth-order valence-electron chi connectivity index (χ4n) is 4.59. The molecule has 0 radical (unpaired) electrons. The van der Waals surface area contributed by atoms with Gasteiger partial charge in [-0.25, -0.2) is 9.78 Å². The minimum absolute atomic E-state index is 0. The molecular formula is C23H22F3N4NaO5. The van der Waals surface area contributed by atoms with Crippen LogP contribution in [0.3, 0.4) is 0 Å². The van der Waals surface area contributed by atoms with Gasteiger partial charge in [0.05, 0.1) is 23.3 Å². The van der Waals surface area contributed by atoms with Crippen LogP contribution in [0, 0.1) is 0 Å². The summed E-state index contributed by atoms with van der Waals surface area (Å²) in [5.74, 6) is -1.26. The number of halogens is 3. The van der Waals surface area contributed by atoms with Crippen molar-refractivity contribution in [2.75, 3.05) is 12.0 Å². The van der Waals surface area contributed by atoms with E-state index >= 15 is 0 Å². The SMILES string of the molecule is O=C(O)c1ncccc1-c1ccc2c3c(c(=O)n(CC(F)(F)F)c2c1)CN(C1CCCCO1)N3.[Na+].[OH-]. The Kier molecular flexibility index (Phi) is 8.48. The van der Waals surface area contributed by atoms with E-state index in [0.29, 0.717) is 27.8 Å². The number of ether oxygens (including phenoxy) is 1. The second kappa shape index (κ2) is 10.9. The van der Waals surface area contributed by atoms with Crippen LogP contribution in [0.4, 0.5) is 18.9 Å². The van der Waals surface area contributed by atoms with Crippen molar-refractivity contribution in [3.63, 3.8) is 0 Å². The van der Waals surface area contributed by atoms with Gasteiger partial charge in [0.15, 0.2) is 5.69 Å². The standard InChI is InChI=1S/C23H21F3N4O4.Na.H2O/c24-23(25,26)12-29-17-10-13(14-4-3-8-27-20(14)22(32)33)6-7-15(17)19-16(21(29)31)11-30(28-19)18-5-1-2-9-34-18;;/h3-4,6-8,10,18,28H,1-2,5,9,11-12H2,(H,32,33);;1H2/q;+1;/p-1. The van der Waals surface area contributed by atoms with Crippen LogP contribution >= 0.6 is 0 Å². The molecule has 36 heavy (non-hydrogen) atoms. The number of carbonyl (C=O) groups is 1. The summed E-state index contributed by atoms with van der Waals surface area (Å²) in [6.07, 6.45) is -0.934. The van der Waals surface area contributed by atoms with E-state index in [0.717, 1.165) is 19.3 Å². The Morgan fingerprint density at radius 2 is 2.03 bits per heavy atom. The van der Waals surface area contributed by atoms with Crippen LogP contribution in [-0.2, 0) is 17.8 Å². The number of benzene rings is 1. The second-order valence-electron chi connectivity index (χ2n) is 8.36. The quantitative estimate of drug-likeness (QED) is 0.490. The largest absolute Gasteiger partial charge is 1.00 e. The molecule has 1 aromatic carbocycles. The molecule has 3 aromatic rings. The predicted molar refractivity (Wildman–Crippen MR) is 119 cm³/mol. The van der Waals surface area contributed by atoms with Crippen molar-refractivity contribution >= 4 is 22.6 Å². The molecule has 5 rings (SSSR count). The monoisotopic (exact) mass is 514 g/mol. The number of rotatable bonds is 4. The zero-order chi connectivity index (χ0) is 24.0. The number of nitrogens with zero attached hydrogens (tertiary/aromatic N) is 3. The summed E-state index contributed by atoms with van der Waals surface area (Å²) in [7, 11) is 0. The van der Waals surface area contributed by atoms with Crippen LogP contribution < -0.4 is 40.5 Å². The van der Waals surface area contributed by atoms with E-state index < -0.39 is 24.2 Å². The minimum atomic E-state index is -4.63. The summed E-state index contributed by atoms with van der Waals surface area (Å²) < 4.78 is 46.9. The van der Waals surface area contributed by atoms with Crippen molar-refractivity contribution in [3.8, 4) is 11.1 Å². The molecule has 2 aromatic heterocycles. The third kappa shape index (κ3) is 5.29. The molecule has 3 N–H and O–H groups in total. The molecule has 186 valence electrons. The molecule has 1 unspecified atom stereocenters. The molecule has 1 fully saturated rings. The fourth-order valence-corrected chi connectivity index (χ4v) is 4.59. The maximum absolute atomic E-state index is 13.5. The molecule has 0 bridgehead atoms. The van der Waals surface area contributed by atoms with E-state index in [1.807, 2.05) is 0 Å². The maximum atomic E-state index is 13.5. The van der Waals surface area contributed by atoms with Crippen LogP contribution in [0.5, 0.6) is 0 Å². The number of anilines is 1. The van der Waals surface area contributed by atoms with E-state index in [4.69, 9.17) is 4.74 Å². The van der Waals surface area contributed by atoms with E-state index in [1.165, 1.54) is 18.3 Å². The van der Waals surface area contributed by atoms with Crippen LogP contribution in [0.15, 0.2) is 41.3 Å². The molecule has 2 aliphatic heterocycles. The van der Waals surface area contributed by atoms with Crippen LogP contribution in [-0.4, -0.2) is 50.1 Å². The van der Waals surface area contributed by atoms with E-state index in [1.54, 1.807) is 23.2 Å². The first kappa shape index (κ1) is 28.1. The Bertz CT molecular complexity index is 1340. The number of aromatic nitrogens is 2. The molecule has 0 amide bonds. The number of hydrogen-bond acceptors (Lipinski definition) is 7. The smallest absolute Gasteiger partial charge is 0.870 e. The maximum Gasteiger partial charge on any atom is 1.00 e. The fraction of sp³-hybridized carbons (Fsp3) is 0.348. The summed E-state index contributed by atoms with van der Waals surface area (Å²) in [6.45, 7) is -0.753. The summed E-state index contributed by atoms with van der Waals surface area (Å²) in [5.41, 5.74) is 3.53. The summed E-state index contributed by atoms with van der Waals surface area (Å²) in [6, 6.07) is 7.70. The zero-order valence-electron chi connectivity index (χ0n) is 19.4. The third-order valence-electron chi connectivity index (χ3n) is 6.11. The van der Waals surface area contributed by atoms with E-state index in [2.05, 4.69) is 10.4 Å². The van der Waals surface area contributed by atoms with Crippen molar-refractivity contribution in [2.24, 2.45) is 0 Å². The van der Waals surface area contributed by atoms with Gasteiger partial charge in [0.25, 0.3) is 5.56 Å². The molecular weight excluding hydrogens is 492 g/mol. The van der Waals surface area contributed by atoms with Gasteiger partial charge in [-0.1, -0.05) is 18.2 Å². The van der Waals surface area contributed by atoms with Crippen LogP contribution in [0.25, 0.3) is 22.0 Å². The third-order valence-corrected chi connectivity index (χ3v) is 6.11. The zero-order valence-corrected chi connectivity index (χ0v) is 21.4. The first-order valence-electron chi connectivity index (χ1n) is 10.8. The van der Waals surface area contributed by atoms with Gasteiger partial charge in [-0.3, -0.25) is 9.36 Å². The predicted octanol–water partition coefficient (Wildman–Crippen LogP) is 0.820. The summed E-state index contributed by atoms with van der Waals surface area (Å²) >= 11 is 0. The van der Waals surface area contributed by atoms with E-state index in [-0.39, 0.29) is 70.1 Å². The van der Waals surface area contributed by atoms with Crippen molar-refractivity contribution < 1.29 is 62.8 Å². The number of pyridine rings is 2. The molecule has 4 heterocycles. The Morgan fingerprint density at radius 1 is 1.25 bits per heavy atom. The van der Waals surface area contributed by atoms with Gasteiger partial charge in [-0.05, 0) is 37.0 Å². The Morgan fingerprint density at radius 3 is 2.69 bits per heavy atom. The number of carboxylic acid groups (broad SMARTS) is 1. The average Bonchev–Trinajstić information content (AvgIpc) is 3.27. The summed E-state index contributed by atoms with van der Waals surface area (Å²) in [4.78, 5) is 28.7. The molecule has 9 nitrogen and oxygen atoms in total. The molecule has 0 aliphatic carbocycles. The minimum Gasteiger partial charge on any atom is -0.870 e. The van der Waals surface area contributed by atoms with Crippen molar-refractivity contribution in [1.29, 1.82) is 0 Å². The van der Waals surface area contributed by atoms with Gasteiger partial charge in [0, 0.05) is 23.8 Å². The average molecular weight is 514 g/mol. The number of aromatic carboxylic acids is 1. The van der Waals surface area contributed by atoms with Crippen LogP contribution in [0.1, 0.15) is 35.3 Å². The molecule has 1 atom stereocenters. The van der Waals surface area contributed by atoms with Crippen LogP contribution in [0.2, 0.25) is 0 Å². The van der Waals surface area contributed by atoms with Gasteiger partial charge in [0.2, 0.25) is 0 Å². The number of hydrazine groups is 1. The molecule has 13 heteroatoms. The number of hydrogen-bond donors (Lipinski definition) is 2. The summed E-state index contributed by atoms with van der Waals surface area (Å²) in [5, 5.41) is 11.7. The van der Waals surface area contributed by atoms with E-state index in [9.17, 15) is 27.9 Å². The number of fused-ring (bicyclic) bond motifs is 3. The van der Waals surface area contributed by atoms with Gasteiger partial charge in [-0.15, -0.1) is 0 Å². The van der Waals surface area contributed by atoms with Gasteiger partial charge in [-0.2, -0.15) is 18.2 Å². The Labute approximate surface area is 225 Å². The molecule has 2 aliphatic rings. The van der Waals surface area contributed by atoms with Gasteiger partial charge >= 0.3 is 41.7 Å². The molecule has 0 saturated carbocycles.